The maximum atomic E-state index is 13.3. The van der Waals surface area contributed by atoms with E-state index in [-0.39, 0.29) is 0 Å². The monoisotopic (exact) mass is 228 g/mol. The molecule has 1 saturated carbocycles. The molecule has 1 aliphatic carbocycles. The normalized spacial score (nSPS) is 19.2. The van der Waals surface area contributed by atoms with Crippen molar-refractivity contribution < 1.29 is 4.39 Å². The maximum Gasteiger partial charge on any atom is 0.115 e. The van der Waals surface area contributed by atoms with E-state index in [1.54, 1.807) is 0 Å². The molecule has 0 atom stereocenters. The van der Waals surface area contributed by atoms with E-state index in [2.05, 4.69) is 15.9 Å². The van der Waals surface area contributed by atoms with Crippen molar-refractivity contribution >= 4 is 15.9 Å². The van der Waals surface area contributed by atoms with E-state index in [4.69, 9.17) is 0 Å². The van der Waals surface area contributed by atoms with Crippen LogP contribution in [0.15, 0.2) is 28.7 Å². The standard InChI is InChI=1S/C10H10BrF/c11-9-4-2-1-3-8(9)7-10(12)5-6-10/h1-4H,5-7H2. The van der Waals surface area contributed by atoms with E-state index >= 15 is 0 Å². The molecule has 1 aromatic carbocycles. The fraction of sp³-hybridized carbons (Fsp3) is 0.400. The molecule has 64 valence electrons. The van der Waals surface area contributed by atoms with Gasteiger partial charge in [0.1, 0.15) is 5.67 Å². The molecule has 0 bridgehead atoms. The lowest BCUT2D eigenvalue weighted by molar-refractivity contribution is 0.307. The number of alkyl halides is 1. The van der Waals surface area contributed by atoms with Crippen LogP contribution in [-0.2, 0) is 6.42 Å². The number of rotatable bonds is 2. The molecule has 0 saturated heterocycles. The number of hydrogen-bond donors (Lipinski definition) is 0. The van der Waals surface area contributed by atoms with Gasteiger partial charge in [-0.3, -0.25) is 0 Å². The Labute approximate surface area is 79.9 Å². The Morgan fingerprint density at radius 3 is 2.58 bits per heavy atom. The highest BCUT2D eigenvalue weighted by Crippen LogP contribution is 2.43. The smallest absolute Gasteiger partial charge is 0.115 e. The Morgan fingerprint density at radius 1 is 1.33 bits per heavy atom. The predicted molar refractivity (Wildman–Crippen MR) is 50.9 cm³/mol. The van der Waals surface area contributed by atoms with Crippen molar-refractivity contribution in [3.05, 3.63) is 34.3 Å². The Bertz CT molecular complexity index is 292. The third-order valence-electron chi connectivity index (χ3n) is 2.26. The lowest BCUT2D eigenvalue weighted by Gasteiger charge is -2.06. The van der Waals surface area contributed by atoms with Crippen molar-refractivity contribution in [1.29, 1.82) is 0 Å². The van der Waals surface area contributed by atoms with Gasteiger partial charge in [-0.25, -0.2) is 4.39 Å². The van der Waals surface area contributed by atoms with Gasteiger partial charge in [-0.05, 0) is 24.5 Å². The Morgan fingerprint density at radius 2 is 2.00 bits per heavy atom. The van der Waals surface area contributed by atoms with E-state index in [1.165, 1.54) is 0 Å². The average molecular weight is 229 g/mol. The van der Waals surface area contributed by atoms with Crippen LogP contribution in [0.2, 0.25) is 0 Å². The molecular formula is C10H10BrF. The molecule has 0 heterocycles. The van der Waals surface area contributed by atoms with Crippen molar-refractivity contribution in [1.82, 2.24) is 0 Å². The number of halogens is 2. The molecule has 0 aliphatic heterocycles. The van der Waals surface area contributed by atoms with Gasteiger partial charge in [-0.15, -0.1) is 0 Å². The molecule has 1 aliphatic rings. The quantitative estimate of drug-likeness (QED) is 0.728. The van der Waals surface area contributed by atoms with Gasteiger partial charge in [0.2, 0.25) is 0 Å². The van der Waals surface area contributed by atoms with E-state index in [0.717, 1.165) is 22.9 Å². The van der Waals surface area contributed by atoms with Crippen LogP contribution in [0.4, 0.5) is 4.39 Å². The molecule has 12 heavy (non-hydrogen) atoms. The SMILES string of the molecule is FC1(Cc2ccccc2Br)CC1. The summed E-state index contributed by atoms with van der Waals surface area (Å²) in [6.45, 7) is 0. The molecule has 1 aromatic rings. The van der Waals surface area contributed by atoms with Crippen LogP contribution in [0.1, 0.15) is 18.4 Å². The molecule has 1 fully saturated rings. The van der Waals surface area contributed by atoms with Crippen molar-refractivity contribution in [3.63, 3.8) is 0 Å². The van der Waals surface area contributed by atoms with Gasteiger partial charge in [-0.1, -0.05) is 34.1 Å². The van der Waals surface area contributed by atoms with Crippen LogP contribution >= 0.6 is 15.9 Å². The van der Waals surface area contributed by atoms with Gasteiger partial charge < -0.3 is 0 Å². The first-order chi connectivity index (χ1) is 5.70. The first-order valence-corrected chi connectivity index (χ1v) is 4.91. The summed E-state index contributed by atoms with van der Waals surface area (Å²) in [7, 11) is 0. The zero-order valence-electron chi connectivity index (χ0n) is 6.69. The first kappa shape index (κ1) is 8.24. The summed E-state index contributed by atoms with van der Waals surface area (Å²) in [6, 6.07) is 7.84. The molecule has 0 amide bonds. The molecule has 0 unspecified atom stereocenters. The molecule has 0 spiro atoms. The van der Waals surface area contributed by atoms with E-state index in [1.807, 2.05) is 24.3 Å². The molecule has 0 aromatic heterocycles. The molecule has 0 radical (unpaired) electrons. The molecule has 2 heteroatoms. The second-order valence-corrected chi connectivity index (χ2v) is 4.27. The van der Waals surface area contributed by atoms with E-state index in [0.29, 0.717) is 6.42 Å². The summed E-state index contributed by atoms with van der Waals surface area (Å²) < 4.78 is 14.4. The summed E-state index contributed by atoms with van der Waals surface area (Å²) in [4.78, 5) is 0. The van der Waals surface area contributed by atoms with Crippen LogP contribution in [0.3, 0.4) is 0 Å². The first-order valence-electron chi connectivity index (χ1n) is 4.12. The fourth-order valence-electron chi connectivity index (χ4n) is 1.30. The fourth-order valence-corrected chi connectivity index (χ4v) is 1.72. The van der Waals surface area contributed by atoms with E-state index in [9.17, 15) is 4.39 Å². The third kappa shape index (κ3) is 1.69. The van der Waals surface area contributed by atoms with Crippen molar-refractivity contribution in [2.24, 2.45) is 0 Å². The molecule has 2 rings (SSSR count). The predicted octanol–water partition coefficient (Wildman–Crippen LogP) is 3.49. The van der Waals surface area contributed by atoms with Crippen molar-refractivity contribution in [2.45, 2.75) is 24.9 Å². The zero-order valence-corrected chi connectivity index (χ0v) is 8.27. The van der Waals surface area contributed by atoms with Crippen LogP contribution in [0, 0.1) is 0 Å². The van der Waals surface area contributed by atoms with Gasteiger partial charge in [-0.2, -0.15) is 0 Å². The van der Waals surface area contributed by atoms with Crippen LogP contribution < -0.4 is 0 Å². The molecular weight excluding hydrogens is 219 g/mol. The summed E-state index contributed by atoms with van der Waals surface area (Å²) in [5.41, 5.74) is 0.196. The number of benzene rings is 1. The lowest BCUT2D eigenvalue weighted by atomic mass is 10.1. The van der Waals surface area contributed by atoms with Gasteiger partial charge in [0, 0.05) is 10.9 Å². The summed E-state index contributed by atoms with van der Waals surface area (Å²) in [6.07, 6.45) is 2.02. The minimum Gasteiger partial charge on any atom is -0.244 e. The second-order valence-electron chi connectivity index (χ2n) is 3.42. The minimum atomic E-state index is -0.885. The summed E-state index contributed by atoms with van der Waals surface area (Å²) in [5, 5.41) is 0. The largest absolute Gasteiger partial charge is 0.244 e. The Hall–Kier alpha value is -0.370. The van der Waals surface area contributed by atoms with Crippen LogP contribution in [0.25, 0.3) is 0 Å². The van der Waals surface area contributed by atoms with Crippen LogP contribution in [-0.4, -0.2) is 5.67 Å². The Kier molecular flexibility index (Phi) is 1.95. The Balaban J connectivity index is 2.17. The zero-order chi connectivity index (χ0) is 8.60. The highest BCUT2D eigenvalue weighted by Gasteiger charge is 2.43. The lowest BCUT2D eigenvalue weighted by Crippen LogP contribution is -2.04. The van der Waals surface area contributed by atoms with Crippen molar-refractivity contribution in [3.8, 4) is 0 Å². The highest BCUT2D eigenvalue weighted by molar-refractivity contribution is 9.10. The molecule has 0 N–H and O–H groups in total. The van der Waals surface area contributed by atoms with Gasteiger partial charge >= 0.3 is 0 Å². The van der Waals surface area contributed by atoms with Gasteiger partial charge in [0.25, 0.3) is 0 Å². The third-order valence-corrected chi connectivity index (χ3v) is 3.03. The minimum absolute atomic E-state index is 0.564. The summed E-state index contributed by atoms with van der Waals surface area (Å²) in [5.74, 6) is 0. The summed E-state index contributed by atoms with van der Waals surface area (Å²) >= 11 is 3.41. The topological polar surface area (TPSA) is 0 Å². The highest BCUT2D eigenvalue weighted by atomic mass is 79.9. The van der Waals surface area contributed by atoms with Crippen LogP contribution in [0.5, 0.6) is 0 Å². The van der Waals surface area contributed by atoms with Gasteiger partial charge in [0.15, 0.2) is 0 Å². The maximum absolute atomic E-state index is 13.3. The van der Waals surface area contributed by atoms with E-state index < -0.39 is 5.67 Å². The second kappa shape index (κ2) is 2.84. The molecule has 0 nitrogen and oxygen atoms in total. The van der Waals surface area contributed by atoms with Crippen molar-refractivity contribution in [2.75, 3.05) is 0 Å². The van der Waals surface area contributed by atoms with Gasteiger partial charge in [0.05, 0.1) is 0 Å². The number of hydrogen-bond acceptors (Lipinski definition) is 0. The average Bonchev–Trinajstić information content (AvgIpc) is 2.74.